The Morgan fingerprint density at radius 1 is 1.24 bits per heavy atom. The number of halogens is 1. The summed E-state index contributed by atoms with van der Waals surface area (Å²) >= 11 is 5.78. The van der Waals surface area contributed by atoms with Gasteiger partial charge in [0.05, 0.1) is 24.9 Å². The predicted octanol–water partition coefficient (Wildman–Crippen LogP) is 3.19. The van der Waals surface area contributed by atoms with Gasteiger partial charge in [0.15, 0.2) is 5.69 Å². The highest BCUT2D eigenvalue weighted by Crippen LogP contribution is 2.31. The molecule has 6 nitrogen and oxygen atoms in total. The zero-order valence-corrected chi connectivity index (χ0v) is 12.1. The topological polar surface area (TPSA) is 80.7 Å². The van der Waals surface area contributed by atoms with E-state index in [-0.39, 0.29) is 10.7 Å². The molecule has 0 aliphatic rings. The van der Waals surface area contributed by atoms with Crippen LogP contribution in [0, 0.1) is 0 Å². The average molecular weight is 309 g/mol. The molecular weight excluding hydrogens is 296 g/mol. The molecular formula is C14H13ClN2O4. The van der Waals surface area contributed by atoms with Crippen LogP contribution in [0.4, 0.5) is 11.5 Å². The van der Waals surface area contributed by atoms with Crippen LogP contribution in [0.5, 0.6) is 11.5 Å². The maximum Gasteiger partial charge on any atom is 0.356 e. The Balaban J connectivity index is 2.37. The number of hydrogen-bond acceptors (Lipinski definition) is 5. The number of aromatic carboxylic acids is 1. The van der Waals surface area contributed by atoms with Crippen molar-refractivity contribution >= 4 is 29.1 Å². The minimum Gasteiger partial charge on any atom is -0.497 e. The van der Waals surface area contributed by atoms with Crippen LogP contribution in [0.25, 0.3) is 0 Å². The van der Waals surface area contributed by atoms with Gasteiger partial charge >= 0.3 is 5.97 Å². The van der Waals surface area contributed by atoms with Gasteiger partial charge in [-0.2, -0.15) is 0 Å². The number of benzene rings is 1. The van der Waals surface area contributed by atoms with E-state index < -0.39 is 5.97 Å². The van der Waals surface area contributed by atoms with Crippen molar-refractivity contribution in [3.05, 3.63) is 41.0 Å². The third kappa shape index (κ3) is 3.35. The number of carboxylic acids is 1. The van der Waals surface area contributed by atoms with Crippen molar-refractivity contribution in [3.63, 3.8) is 0 Å². The summed E-state index contributed by atoms with van der Waals surface area (Å²) in [5.74, 6) is 0.347. The van der Waals surface area contributed by atoms with Crippen LogP contribution in [0.2, 0.25) is 5.02 Å². The lowest BCUT2D eigenvalue weighted by atomic mass is 10.2. The van der Waals surface area contributed by atoms with Gasteiger partial charge < -0.3 is 19.9 Å². The third-order valence-electron chi connectivity index (χ3n) is 2.72. The molecule has 0 atom stereocenters. The van der Waals surface area contributed by atoms with Crippen molar-refractivity contribution in [3.8, 4) is 11.5 Å². The summed E-state index contributed by atoms with van der Waals surface area (Å²) in [6, 6.07) is 8.24. The fourth-order valence-corrected chi connectivity index (χ4v) is 1.90. The minimum atomic E-state index is -1.19. The van der Waals surface area contributed by atoms with Crippen LogP contribution in [-0.4, -0.2) is 30.3 Å². The molecule has 0 aliphatic carbocycles. The molecule has 1 heterocycles. The van der Waals surface area contributed by atoms with E-state index in [1.807, 2.05) is 0 Å². The van der Waals surface area contributed by atoms with Crippen LogP contribution in [0.1, 0.15) is 10.5 Å². The highest BCUT2D eigenvalue weighted by atomic mass is 35.5. The number of pyridine rings is 1. The summed E-state index contributed by atoms with van der Waals surface area (Å²) in [5.41, 5.74) is 0.381. The Morgan fingerprint density at radius 3 is 2.62 bits per heavy atom. The monoisotopic (exact) mass is 308 g/mol. The van der Waals surface area contributed by atoms with Gasteiger partial charge in [-0.1, -0.05) is 11.6 Å². The van der Waals surface area contributed by atoms with Gasteiger partial charge in [-0.05, 0) is 24.3 Å². The first-order valence-corrected chi connectivity index (χ1v) is 6.32. The normalized spacial score (nSPS) is 10.0. The minimum absolute atomic E-state index is 0.0747. The summed E-state index contributed by atoms with van der Waals surface area (Å²) in [7, 11) is 3.08. The fraction of sp³-hybridized carbons (Fsp3) is 0.143. The lowest BCUT2D eigenvalue weighted by Gasteiger charge is -2.12. The van der Waals surface area contributed by atoms with Crippen LogP contribution >= 0.6 is 11.6 Å². The smallest absolute Gasteiger partial charge is 0.356 e. The van der Waals surface area contributed by atoms with E-state index in [0.717, 1.165) is 0 Å². The first kappa shape index (κ1) is 14.9. The van der Waals surface area contributed by atoms with E-state index in [9.17, 15) is 4.79 Å². The molecule has 1 aromatic carbocycles. The molecule has 21 heavy (non-hydrogen) atoms. The molecule has 7 heteroatoms. The van der Waals surface area contributed by atoms with Crippen molar-refractivity contribution in [2.75, 3.05) is 19.5 Å². The van der Waals surface area contributed by atoms with Gasteiger partial charge in [0.1, 0.15) is 17.3 Å². The lowest BCUT2D eigenvalue weighted by molar-refractivity contribution is 0.0691. The standard InChI is InChI=1S/C14H13ClN2O4/c1-20-8-3-5-11(21-2)10(7-8)16-12-6-4-9(15)13(17-12)14(18)19/h3-7H,1-2H3,(H,16,17)(H,18,19). The van der Waals surface area contributed by atoms with Gasteiger partial charge in [0.2, 0.25) is 0 Å². The molecule has 0 saturated heterocycles. The Hall–Kier alpha value is -2.47. The number of rotatable bonds is 5. The van der Waals surface area contributed by atoms with Crippen LogP contribution in [0.3, 0.4) is 0 Å². The zero-order chi connectivity index (χ0) is 15.4. The van der Waals surface area contributed by atoms with Gasteiger partial charge in [0.25, 0.3) is 0 Å². The number of anilines is 2. The second-order valence-electron chi connectivity index (χ2n) is 4.02. The van der Waals surface area contributed by atoms with E-state index in [4.69, 9.17) is 26.2 Å². The van der Waals surface area contributed by atoms with Crippen molar-refractivity contribution in [2.24, 2.45) is 0 Å². The van der Waals surface area contributed by atoms with Crippen LogP contribution in [0.15, 0.2) is 30.3 Å². The lowest BCUT2D eigenvalue weighted by Crippen LogP contribution is -2.04. The highest BCUT2D eigenvalue weighted by Gasteiger charge is 2.13. The van der Waals surface area contributed by atoms with E-state index in [1.54, 1.807) is 31.4 Å². The first-order chi connectivity index (χ1) is 10.0. The largest absolute Gasteiger partial charge is 0.497 e. The first-order valence-electron chi connectivity index (χ1n) is 5.94. The average Bonchev–Trinajstić information content (AvgIpc) is 2.48. The Kier molecular flexibility index (Phi) is 4.49. The molecule has 0 unspecified atom stereocenters. The summed E-state index contributed by atoms with van der Waals surface area (Å²) < 4.78 is 10.4. The van der Waals surface area contributed by atoms with E-state index in [0.29, 0.717) is 23.0 Å². The zero-order valence-electron chi connectivity index (χ0n) is 11.4. The van der Waals surface area contributed by atoms with Gasteiger partial charge in [-0.3, -0.25) is 0 Å². The van der Waals surface area contributed by atoms with Crippen LogP contribution < -0.4 is 14.8 Å². The predicted molar refractivity (Wildman–Crippen MR) is 79.0 cm³/mol. The van der Waals surface area contributed by atoms with Crippen molar-refractivity contribution in [2.45, 2.75) is 0 Å². The number of aromatic nitrogens is 1. The number of nitrogens with zero attached hydrogens (tertiary/aromatic N) is 1. The molecule has 0 bridgehead atoms. The maximum absolute atomic E-state index is 11.0. The number of ether oxygens (including phenoxy) is 2. The fourth-order valence-electron chi connectivity index (χ4n) is 1.71. The van der Waals surface area contributed by atoms with E-state index in [2.05, 4.69) is 10.3 Å². The summed E-state index contributed by atoms with van der Waals surface area (Å²) in [6.07, 6.45) is 0. The molecule has 110 valence electrons. The molecule has 2 aromatic rings. The second-order valence-corrected chi connectivity index (χ2v) is 4.43. The number of carboxylic acid groups (broad SMARTS) is 1. The SMILES string of the molecule is COc1ccc(OC)c(Nc2ccc(Cl)c(C(=O)O)n2)c1. The third-order valence-corrected chi connectivity index (χ3v) is 3.02. The Bertz CT molecular complexity index is 676. The second kappa shape index (κ2) is 6.32. The summed E-state index contributed by atoms with van der Waals surface area (Å²) in [6.45, 7) is 0. The van der Waals surface area contributed by atoms with Crippen molar-refractivity contribution in [1.82, 2.24) is 4.98 Å². The van der Waals surface area contributed by atoms with E-state index in [1.165, 1.54) is 13.2 Å². The Labute approximate surface area is 126 Å². The number of nitrogens with one attached hydrogen (secondary N) is 1. The van der Waals surface area contributed by atoms with E-state index >= 15 is 0 Å². The van der Waals surface area contributed by atoms with Gasteiger partial charge in [-0.25, -0.2) is 9.78 Å². The summed E-state index contributed by atoms with van der Waals surface area (Å²) in [4.78, 5) is 15.0. The highest BCUT2D eigenvalue weighted by molar-refractivity contribution is 6.33. The summed E-state index contributed by atoms with van der Waals surface area (Å²) in [5, 5.41) is 12.1. The molecule has 2 N–H and O–H groups in total. The molecule has 0 saturated carbocycles. The number of hydrogen-bond donors (Lipinski definition) is 2. The van der Waals surface area contributed by atoms with Gasteiger partial charge in [-0.15, -0.1) is 0 Å². The number of carbonyl (C=O) groups is 1. The van der Waals surface area contributed by atoms with Crippen molar-refractivity contribution < 1.29 is 19.4 Å². The van der Waals surface area contributed by atoms with Gasteiger partial charge in [0, 0.05) is 6.07 Å². The quantitative estimate of drug-likeness (QED) is 0.883. The Morgan fingerprint density at radius 2 is 2.00 bits per heavy atom. The number of methoxy groups -OCH3 is 2. The molecule has 0 aliphatic heterocycles. The molecule has 2 rings (SSSR count). The molecule has 0 radical (unpaired) electrons. The van der Waals surface area contributed by atoms with Crippen molar-refractivity contribution in [1.29, 1.82) is 0 Å². The van der Waals surface area contributed by atoms with Crippen LogP contribution in [-0.2, 0) is 0 Å². The molecule has 0 fully saturated rings. The molecule has 0 spiro atoms. The maximum atomic E-state index is 11.0. The molecule has 1 aromatic heterocycles. The molecule has 0 amide bonds.